The summed E-state index contributed by atoms with van der Waals surface area (Å²) in [5, 5.41) is 8.93. The van der Waals surface area contributed by atoms with Crippen molar-refractivity contribution in [3.63, 3.8) is 0 Å². The molecule has 6 nitrogen and oxygen atoms in total. The Labute approximate surface area is 126 Å². The van der Waals surface area contributed by atoms with Gasteiger partial charge in [-0.15, -0.1) is 11.3 Å². The van der Waals surface area contributed by atoms with Crippen LogP contribution in [0, 0.1) is 20.8 Å². The largest absolute Gasteiger partial charge is 0.477 e. The molecule has 8 heteroatoms. The molecule has 0 amide bonds. The van der Waals surface area contributed by atoms with E-state index in [0.717, 1.165) is 23.0 Å². The summed E-state index contributed by atoms with van der Waals surface area (Å²) in [4.78, 5) is 15.4. The van der Waals surface area contributed by atoms with Crippen LogP contribution in [0.2, 0.25) is 0 Å². The molecule has 0 saturated carbocycles. The van der Waals surface area contributed by atoms with Gasteiger partial charge < -0.3 is 5.11 Å². The lowest BCUT2D eigenvalue weighted by Gasteiger charge is -2.08. The molecule has 2 heterocycles. The van der Waals surface area contributed by atoms with Gasteiger partial charge in [0, 0.05) is 10.6 Å². The number of aromatic nitrogens is 1. The van der Waals surface area contributed by atoms with Gasteiger partial charge in [0.25, 0.3) is 10.0 Å². The number of aromatic carboxylic acids is 1. The third-order valence-electron chi connectivity index (χ3n) is 2.71. The van der Waals surface area contributed by atoms with E-state index in [-0.39, 0.29) is 15.6 Å². The second-order valence-corrected chi connectivity index (χ2v) is 7.52. The van der Waals surface area contributed by atoms with E-state index in [9.17, 15) is 13.2 Å². The molecule has 0 bridgehead atoms. The van der Waals surface area contributed by atoms with Crippen LogP contribution in [0.15, 0.2) is 23.1 Å². The Kier molecular flexibility index (Phi) is 4.02. The van der Waals surface area contributed by atoms with Crippen molar-refractivity contribution >= 4 is 33.1 Å². The average molecular weight is 326 g/mol. The minimum atomic E-state index is -3.86. The van der Waals surface area contributed by atoms with Crippen molar-refractivity contribution in [2.24, 2.45) is 0 Å². The summed E-state index contributed by atoms with van der Waals surface area (Å²) in [5.74, 6) is -0.927. The van der Waals surface area contributed by atoms with E-state index in [4.69, 9.17) is 5.11 Å². The van der Waals surface area contributed by atoms with Crippen molar-refractivity contribution in [1.82, 2.24) is 4.98 Å². The lowest BCUT2D eigenvalue weighted by Crippen LogP contribution is -2.14. The van der Waals surface area contributed by atoms with Crippen LogP contribution in [0.1, 0.15) is 25.8 Å². The summed E-state index contributed by atoms with van der Waals surface area (Å²) in [5.41, 5.74) is 1.58. The molecular weight excluding hydrogens is 312 g/mol. The highest BCUT2D eigenvalue weighted by atomic mass is 32.2. The third-order valence-corrected chi connectivity index (χ3v) is 5.36. The quantitative estimate of drug-likeness (QED) is 0.900. The van der Waals surface area contributed by atoms with Gasteiger partial charge in [0.2, 0.25) is 0 Å². The summed E-state index contributed by atoms with van der Waals surface area (Å²) >= 11 is 0.927. The maximum Gasteiger partial charge on any atom is 0.345 e. The van der Waals surface area contributed by atoms with E-state index in [2.05, 4.69) is 9.71 Å². The zero-order valence-corrected chi connectivity index (χ0v) is 13.3. The zero-order valence-electron chi connectivity index (χ0n) is 11.7. The molecule has 0 spiro atoms. The summed E-state index contributed by atoms with van der Waals surface area (Å²) in [6.45, 7) is 5.18. The minimum absolute atomic E-state index is 0.0127. The molecule has 0 unspecified atom stereocenters. The molecule has 21 heavy (non-hydrogen) atoms. The lowest BCUT2D eigenvalue weighted by atomic mass is 10.2. The van der Waals surface area contributed by atoms with Crippen LogP contribution in [0.25, 0.3) is 0 Å². The average Bonchev–Trinajstić information content (AvgIpc) is 2.70. The molecule has 0 aliphatic heterocycles. The monoisotopic (exact) mass is 326 g/mol. The predicted molar refractivity (Wildman–Crippen MR) is 80.5 cm³/mol. The van der Waals surface area contributed by atoms with E-state index >= 15 is 0 Å². The summed E-state index contributed by atoms with van der Waals surface area (Å²) in [6.07, 6.45) is 0. The molecule has 0 radical (unpaired) electrons. The number of hydrogen-bond acceptors (Lipinski definition) is 5. The van der Waals surface area contributed by atoms with Gasteiger partial charge in [-0.1, -0.05) is 0 Å². The fraction of sp³-hybridized carbons (Fsp3) is 0.231. The maximum absolute atomic E-state index is 12.3. The molecule has 0 aromatic carbocycles. The Bertz CT molecular complexity index is 789. The van der Waals surface area contributed by atoms with Gasteiger partial charge in [0.1, 0.15) is 15.6 Å². The molecule has 0 atom stereocenters. The van der Waals surface area contributed by atoms with Gasteiger partial charge in [-0.3, -0.25) is 4.72 Å². The molecule has 2 N–H and O–H groups in total. The van der Waals surface area contributed by atoms with Crippen molar-refractivity contribution in [1.29, 1.82) is 0 Å². The Morgan fingerprint density at radius 2 is 1.90 bits per heavy atom. The van der Waals surface area contributed by atoms with Crippen molar-refractivity contribution in [3.05, 3.63) is 39.2 Å². The van der Waals surface area contributed by atoms with Gasteiger partial charge >= 0.3 is 5.97 Å². The number of aryl methyl sites for hydroxylation is 3. The van der Waals surface area contributed by atoms with Gasteiger partial charge in [-0.05, 0) is 44.5 Å². The molecule has 0 aliphatic rings. The normalized spacial score (nSPS) is 11.4. The molecule has 112 valence electrons. The number of carboxylic acids is 1. The number of carboxylic acid groups (broad SMARTS) is 1. The smallest absolute Gasteiger partial charge is 0.345 e. The van der Waals surface area contributed by atoms with Crippen LogP contribution in [0.4, 0.5) is 5.82 Å². The van der Waals surface area contributed by atoms with Crippen molar-refractivity contribution in [2.45, 2.75) is 25.7 Å². The first kappa shape index (κ1) is 15.5. The lowest BCUT2D eigenvalue weighted by molar-refractivity contribution is 0.0702. The standard InChI is InChI=1S/C13H14N2O4S2/c1-7-4-8(2)14-12(5-7)15-21(18,19)11-6-10(13(16)17)20-9(11)3/h4-6H,1-3H3,(H,14,15)(H,16,17). The minimum Gasteiger partial charge on any atom is -0.477 e. The van der Waals surface area contributed by atoms with Crippen LogP contribution >= 0.6 is 11.3 Å². The molecule has 0 fully saturated rings. The van der Waals surface area contributed by atoms with Crippen molar-refractivity contribution < 1.29 is 18.3 Å². The van der Waals surface area contributed by atoms with Crippen LogP contribution in [0.5, 0.6) is 0 Å². The van der Waals surface area contributed by atoms with E-state index < -0.39 is 16.0 Å². The molecule has 2 aromatic rings. The van der Waals surface area contributed by atoms with E-state index in [1.807, 2.05) is 13.0 Å². The topological polar surface area (TPSA) is 96.4 Å². The van der Waals surface area contributed by atoms with Crippen LogP contribution in [-0.4, -0.2) is 24.5 Å². The predicted octanol–water partition coefficient (Wildman–Crippen LogP) is 2.57. The number of thiophene rings is 1. The Hall–Kier alpha value is -1.93. The molecule has 2 rings (SSSR count). The van der Waals surface area contributed by atoms with Crippen LogP contribution in [-0.2, 0) is 10.0 Å². The fourth-order valence-corrected chi connectivity index (χ4v) is 4.35. The van der Waals surface area contributed by atoms with Gasteiger partial charge in [-0.2, -0.15) is 0 Å². The maximum atomic E-state index is 12.3. The highest BCUT2D eigenvalue weighted by Crippen LogP contribution is 2.27. The van der Waals surface area contributed by atoms with E-state index in [0.29, 0.717) is 10.6 Å². The summed E-state index contributed by atoms with van der Waals surface area (Å²) < 4.78 is 27.1. The Balaban J connectivity index is 2.40. The van der Waals surface area contributed by atoms with Crippen molar-refractivity contribution in [3.8, 4) is 0 Å². The first-order valence-corrected chi connectivity index (χ1v) is 8.31. The second kappa shape index (κ2) is 5.45. The number of nitrogens with one attached hydrogen (secondary N) is 1. The number of sulfonamides is 1. The molecular formula is C13H14N2O4S2. The highest BCUT2D eigenvalue weighted by Gasteiger charge is 2.22. The number of rotatable bonds is 4. The van der Waals surface area contributed by atoms with Crippen LogP contribution in [0.3, 0.4) is 0 Å². The van der Waals surface area contributed by atoms with E-state index in [1.54, 1.807) is 19.9 Å². The van der Waals surface area contributed by atoms with Crippen molar-refractivity contribution in [2.75, 3.05) is 4.72 Å². The first-order chi connectivity index (χ1) is 9.69. The summed E-state index contributed by atoms with van der Waals surface area (Å²) in [6, 6.07) is 4.61. The first-order valence-electron chi connectivity index (χ1n) is 6.01. The number of carbonyl (C=O) groups is 1. The van der Waals surface area contributed by atoms with Gasteiger partial charge in [0.05, 0.1) is 0 Å². The molecule has 0 saturated heterocycles. The number of pyridine rings is 1. The SMILES string of the molecule is Cc1cc(C)nc(NS(=O)(=O)c2cc(C(=O)O)sc2C)c1. The summed E-state index contributed by atoms with van der Waals surface area (Å²) in [7, 11) is -3.86. The number of hydrogen-bond donors (Lipinski definition) is 2. The third kappa shape index (κ3) is 3.40. The van der Waals surface area contributed by atoms with Crippen LogP contribution < -0.4 is 4.72 Å². The van der Waals surface area contributed by atoms with Gasteiger partial charge in [0.15, 0.2) is 0 Å². The van der Waals surface area contributed by atoms with E-state index in [1.165, 1.54) is 0 Å². The zero-order chi connectivity index (χ0) is 15.8. The molecule has 2 aromatic heterocycles. The number of anilines is 1. The Morgan fingerprint density at radius 3 is 2.43 bits per heavy atom. The highest BCUT2D eigenvalue weighted by molar-refractivity contribution is 7.93. The fourth-order valence-electron chi connectivity index (χ4n) is 1.92. The van der Waals surface area contributed by atoms with Gasteiger partial charge in [-0.25, -0.2) is 18.2 Å². The number of nitrogens with zero attached hydrogens (tertiary/aromatic N) is 1. The second-order valence-electron chi connectivity index (χ2n) is 4.61. The Morgan fingerprint density at radius 1 is 1.24 bits per heavy atom. The molecule has 0 aliphatic carbocycles.